The number of pyridine rings is 1. The van der Waals surface area contributed by atoms with E-state index in [9.17, 15) is 14.7 Å². The van der Waals surface area contributed by atoms with Crippen molar-refractivity contribution in [1.29, 1.82) is 0 Å². The molecule has 38 heavy (non-hydrogen) atoms. The van der Waals surface area contributed by atoms with Crippen LogP contribution in [0.3, 0.4) is 0 Å². The summed E-state index contributed by atoms with van der Waals surface area (Å²) in [6.07, 6.45) is 7.65. The number of nitrogens with one attached hydrogen (secondary N) is 2. The highest BCUT2D eigenvalue weighted by Crippen LogP contribution is 2.32. The van der Waals surface area contributed by atoms with Gasteiger partial charge in [-0.3, -0.25) is 14.0 Å². The Bertz CT molecular complexity index is 1450. The highest BCUT2D eigenvalue weighted by atomic mass is 16.4. The fraction of sp³-hybridized carbons (Fsp3) is 0.323. The molecule has 1 amide bonds. The first-order valence-corrected chi connectivity index (χ1v) is 13.3. The molecule has 1 aliphatic carbocycles. The Hall–Kier alpha value is -4.13. The van der Waals surface area contributed by atoms with Gasteiger partial charge in [0.05, 0.1) is 12.5 Å². The summed E-state index contributed by atoms with van der Waals surface area (Å²) in [5.41, 5.74) is 5.97. The first-order chi connectivity index (χ1) is 18.4. The van der Waals surface area contributed by atoms with Crippen LogP contribution in [0.4, 0.5) is 5.82 Å². The molecule has 1 unspecified atom stereocenters. The molecule has 0 spiro atoms. The summed E-state index contributed by atoms with van der Waals surface area (Å²) in [7, 11) is 0. The zero-order chi connectivity index (χ0) is 26.6. The lowest BCUT2D eigenvalue weighted by molar-refractivity contribution is -0.137. The Kier molecular flexibility index (Phi) is 7.45. The first-order valence-electron chi connectivity index (χ1n) is 13.3. The van der Waals surface area contributed by atoms with Gasteiger partial charge in [0.1, 0.15) is 17.2 Å². The van der Waals surface area contributed by atoms with Crippen molar-refractivity contribution in [2.75, 3.05) is 5.32 Å². The van der Waals surface area contributed by atoms with E-state index in [0.717, 1.165) is 46.6 Å². The van der Waals surface area contributed by atoms with E-state index in [-0.39, 0.29) is 12.3 Å². The lowest BCUT2D eigenvalue weighted by Crippen LogP contribution is -2.30. The number of hydrogen-bond donors (Lipinski definition) is 3. The number of rotatable bonds is 8. The van der Waals surface area contributed by atoms with Gasteiger partial charge in [0.25, 0.3) is 5.91 Å². The maximum Gasteiger partial charge on any atom is 0.305 e. The summed E-state index contributed by atoms with van der Waals surface area (Å²) >= 11 is 0. The number of carbonyl (C=O) groups excluding carboxylic acids is 1. The topological polar surface area (TPSA) is 95.7 Å². The molecule has 3 N–H and O–H groups in total. The number of carbonyl (C=O) groups is 2. The van der Waals surface area contributed by atoms with Crippen LogP contribution in [0, 0.1) is 13.8 Å². The van der Waals surface area contributed by atoms with Crippen LogP contribution in [-0.4, -0.2) is 32.4 Å². The SMILES string of the molecule is Cc1ccc(C(CC(=O)O)NC(=O)c2ccn3c(NC4CCCCC4)c(-c4cccc(C)c4)nc3c2)cc1. The maximum absolute atomic E-state index is 13.3. The number of aromatic nitrogens is 2. The molecule has 2 aromatic heterocycles. The number of aryl methyl sites for hydroxylation is 2. The largest absolute Gasteiger partial charge is 0.481 e. The van der Waals surface area contributed by atoms with Crippen LogP contribution in [0.1, 0.15) is 71.6 Å². The van der Waals surface area contributed by atoms with Gasteiger partial charge >= 0.3 is 5.97 Å². The molecule has 5 rings (SSSR count). The fourth-order valence-corrected chi connectivity index (χ4v) is 5.22. The molecule has 196 valence electrons. The van der Waals surface area contributed by atoms with Gasteiger partial charge in [-0.2, -0.15) is 0 Å². The Balaban J connectivity index is 1.48. The van der Waals surface area contributed by atoms with Crippen molar-refractivity contribution in [3.05, 3.63) is 89.1 Å². The summed E-state index contributed by atoms with van der Waals surface area (Å²) < 4.78 is 2.01. The van der Waals surface area contributed by atoms with Crippen LogP contribution in [0.5, 0.6) is 0 Å². The van der Waals surface area contributed by atoms with Crippen molar-refractivity contribution < 1.29 is 14.7 Å². The molecule has 1 aliphatic rings. The van der Waals surface area contributed by atoms with E-state index in [4.69, 9.17) is 4.98 Å². The molecule has 1 saturated carbocycles. The van der Waals surface area contributed by atoms with E-state index in [1.807, 2.05) is 47.9 Å². The molecule has 0 saturated heterocycles. The minimum atomic E-state index is -0.971. The number of nitrogens with zero attached hydrogens (tertiary/aromatic N) is 2. The Morgan fingerprint density at radius 2 is 1.76 bits per heavy atom. The van der Waals surface area contributed by atoms with Crippen LogP contribution >= 0.6 is 0 Å². The summed E-state index contributed by atoms with van der Waals surface area (Å²) in [5.74, 6) is -0.366. The summed E-state index contributed by atoms with van der Waals surface area (Å²) in [6.45, 7) is 4.04. The number of amides is 1. The van der Waals surface area contributed by atoms with Gasteiger partial charge in [0, 0.05) is 23.4 Å². The van der Waals surface area contributed by atoms with Gasteiger partial charge < -0.3 is 15.7 Å². The lowest BCUT2D eigenvalue weighted by atomic mass is 9.95. The Morgan fingerprint density at radius 3 is 2.47 bits per heavy atom. The number of imidazole rings is 1. The standard InChI is InChI=1S/C31H34N4O3/c1-20-11-13-22(14-12-20)26(19-28(36)37)33-31(38)24-15-16-35-27(18-24)34-29(23-8-6-7-21(2)17-23)30(35)32-25-9-4-3-5-10-25/h6-8,11-18,25-26,32H,3-5,9-10,19H2,1-2H3,(H,33,38)(H,36,37). The number of fused-ring (bicyclic) bond motifs is 1. The average molecular weight is 511 g/mol. The quantitative estimate of drug-likeness (QED) is 0.258. The second-order valence-electron chi connectivity index (χ2n) is 10.3. The van der Waals surface area contributed by atoms with E-state index in [0.29, 0.717) is 17.3 Å². The van der Waals surface area contributed by atoms with Crippen molar-refractivity contribution in [1.82, 2.24) is 14.7 Å². The van der Waals surface area contributed by atoms with Gasteiger partial charge in [-0.15, -0.1) is 0 Å². The van der Waals surface area contributed by atoms with Crippen LogP contribution in [-0.2, 0) is 4.79 Å². The molecular weight excluding hydrogens is 476 g/mol. The van der Waals surface area contributed by atoms with Crippen LogP contribution in [0.2, 0.25) is 0 Å². The molecule has 7 nitrogen and oxygen atoms in total. The second kappa shape index (κ2) is 11.1. The number of hydrogen-bond acceptors (Lipinski definition) is 4. The highest BCUT2D eigenvalue weighted by molar-refractivity contribution is 5.96. The van der Waals surface area contributed by atoms with E-state index < -0.39 is 12.0 Å². The normalized spacial score (nSPS) is 14.8. The highest BCUT2D eigenvalue weighted by Gasteiger charge is 2.22. The Morgan fingerprint density at radius 1 is 1.00 bits per heavy atom. The third-order valence-electron chi connectivity index (χ3n) is 7.29. The molecule has 1 atom stereocenters. The number of carboxylic acid groups (broad SMARTS) is 1. The number of carboxylic acids is 1. The molecule has 7 heteroatoms. The Labute approximate surface area is 222 Å². The fourth-order valence-electron chi connectivity index (χ4n) is 5.22. The van der Waals surface area contributed by atoms with Crippen LogP contribution < -0.4 is 10.6 Å². The summed E-state index contributed by atoms with van der Waals surface area (Å²) in [5, 5.41) is 16.1. The van der Waals surface area contributed by atoms with Crippen LogP contribution in [0.15, 0.2) is 66.9 Å². The zero-order valence-electron chi connectivity index (χ0n) is 21.9. The first kappa shape index (κ1) is 25.5. The molecule has 2 aromatic carbocycles. The van der Waals surface area contributed by atoms with Gasteiger partial charge in [-0.25, -0.2) is 4.98 Å². The average Bonchev–Trinajstić information content (AvgIpc) is 3.26. The minimum absolute atomic E-state index is 0.201. The predicted molar refractivity (Wildman–Crippen MR) is 149 cm³/mol. The molecule has 0 bridgehead atoms. The smallest absolute Gasteiger partial charge is 0.305 e. The second-order valence-corrected chi connectivity index (χ2v) is 10.3. The third-order valence-corrected chi connectivity index (χ3v) is 7.29. The van der Waals surface area contributed by atoms with Gasteiger partial charge in [0.2, 0.25) is 0 Å². The van der Waals surface area contributed by atoms with Crippen molar-refractivity contribution in [2.24, 2.45) is 0 Å². The van der Waals surface area contributed by atoms with Crippen molar-refractivity contribution in [2.45, 2.75) is 64.5 Å². The number of anilines is 1. The van der Waals surface area contributed by atoms with Crippen molar-refractivity contribution in [3.8, 4) is 11.3 Å². The molecular formula is C31H34N4O3. The molecule has 0 aliphatic heterocycles. The van der Waals surface area contributed by atoms with Crippen molar-refractivity contribution in [3.63, 3.8) is 0 Å². The van der Waals surface area contributed by atoms with Crippen LogP contribution in [0.25, 0.3) is 16.9 Å². The maximum atomic E-state index is 13.3. The van der Waals surface area contributed by atoms with E-state index in [1.54, 1.807) is 12.1 Å². The molecule has 0 radical (unpaired) electrons. The molecule has 4 aromatic rings. The van der Waals surface area contributed by atoms with E-state index in [2.05, 4.69) is 35.8 Å². The van der Waals surface area contributed by atoms with Gasteiger partial charge in [-0.1, -0.05) is 72.9 Å². The van der Waals surface area contributed by atoms with Crippen molar-refractivity contribution >= 4 is 23.3 Å². The molecule has 1 fully saturated rings. The number of benzene rings is 2. The summed E-state index contributed by atoms with van der Waals surface area (Å²) in [6, 6.07) is 19.1. The monoisotopic (exact) mass is 510 g/mol. The lowest BCUT2D eigenvalue weighted by Gasteiger charge is -2.24. The molecule has 2 heterocycles. The minimum Gasteiger partial charge on any atom is -0.481 e. The van der Waals surface area contributed by atoms with E-state index in [1.165, 1.54) is 19.3 Å². The van der Waals surface area contributed by atoms with Gasteiger partial charge in [-0.05, 0) is 50.5 Å². The van der Waals surface area contributed by atoms with Gasteiger partial charge in [0.15, 0.2) is 0 Å². The predicted octanol–water partition coefficient (Wildman–Crippen LogP) is 6.31. The summed E-state index contributed by atoms with van der Waals surface area (Å²) in [4.78, 5) is 29.8. The van der Waals surface area contributed by atoms with E-state index >= 15 is 0 Å². The number of aliphatic carboxylic acids is 1. The third kappa shape index (κ3) is 5.72. The zero-order valence-corrected chi connectivity index (χ0v) is 21.9.